The minimum Gasteiger partial charge on any atom is -0.325 e. The van der Waals surface area contributed by atoms with Gasteiger partial charge in [0.2, 0.25) is 15.9 Å². The standard InChI is InChI=1S/C21H30N4O3S2/c1-16-11-19(30(27,28)23(3)4)12-20(17(16)2)22-21(26)14-25-8-6-24(7-9-25)13-18-5-10-29-15-18/h5,10-12,15H,6-9,13-14H2,1-4H3,(H,22,26). The molecule has 3 rings (SSSR count). The molecule has 1 aromatic heterocycles. The fourth-order valence-corrected chi connectivity index (χ4v) is 5.13. The Morgan fingerprint density at radius 1 is 1.13 bits per heavy atom. The SMILES string of the molecule is Cc1cc(S(=O)(=O)N(C)C)cc(NC(=O)CN2CCN(Cc3ccsc3)CC2)c1C. The van der Waals surface area contributed by atoms with Gasteiger partial charge in [-0.05, 0) is 59.5 Å². The van der Waals surface area contributed by atoms with Crippen LogP contribution in [0, 0.1) is 13.8 Å². The maximum absolute atomic E-state index is 12.7. The third-order valence-corrected chi connectivity index (χ3v) is 8.04. The highest BCUT2D eigenvalue weighted by atomic mass is 32.2. The fraction of sp³-hybridized carbons (Fsp3) is 0.476. The number of carbonyl (C=O) groups is 1. The van der Waals surface area contributed by atoms with E-state index in [1.807, 2.05) is 13.8 Å². The van der Waals surface area contributed by atoms with Crippen LogP contribution in [-0.2, 0) is 21.4 Å². The number of rotatable bonds is 7. The molecule has 1 aliphatic rings. The van der Waals surface area contributed by atoms with Crippen molar-refractivity contribution in [3.63, 3.8) is 0 Å². The highest BCUT2D eigenvalue weighted by Gasteiger charge is 2.22. The molecule has 0 bridgehead atoms. The second kappa shape index (κ2) is 9.57. The molecule has 2 heterocycles. The van der Waals surface area contributed by atoms with E-state index in [1.165, 1.54) is 24.0 Å². The first-order valence-electron chi connectivity index (χ1n) is 9.96. The molecule has 0 aliphatic carbocycles. The summed E-state index contributed by atoms with van der Waals surface area (Å²) in [5.41, 5.74) is 3.60. The van der Waals surface area contributed by atoms with E-state index >= 15 is 0 Å². The zero-order chi connectivity index (χ0) is 21.9. The Morgan fingerprint density at radius 2 is 1.80 bits per heavy atom. The van der Waals surface area contributed by atoms with Crippen LogP contribution >= 0.6 is 11.3 Å². The summed E-state index contributed by atoms with van der Waals surface area (Å²) >= 11 is 1.71. The normalized spacial score (nSPS) is 16.2. The molecule has 1 N–H and O–H groups in total. The molecule has 2 aromatic rings. The third kappa shape index (κ3) is 5.47. The van der Waals surface area contributed by atoms with Crippen LogP contribution < -0.4 is 5.32 Å². The highest BCUT2D eigenvalue weighted by molar-refractivity contribution is 7.89. The molecule has 1 fully saturated rings. The second-order valence-electron chi connectivity index (χ2n) is 7.93. The predicted octanol–water partition coefficient (Wildman–Crippen LogP) is 2.37. The van der Waals surface area contributed by atoms with Crippen LogP contribution in [0.3, 0.4) is 0 Å². The number of hydrogen-bond acceptors (Lipinski definition) is 6. The van der Waals surface area contributed by atoms with Gasteiger partial charge in [-0.1, -0.05) is 0 Å². The lowest BCUT2D eigenvalue weighted by Crippen LogP contribution is -2.48. The van der Waals surface area contributed by atoms with Gasteiger partial charge in [0.1, 0.15) is 0 Å². The number of carbonyl (C=O) groups excluding carboxylic acids is 1. The number of anilines is 1. The zero-order valence-electron chi connectivity index (χ0n) is 18.0. The van der Waals surface area contributed by atoms with Crippen LogP contribution in [0.25, 0.3) is 0 Å². The van der Waals surface area contributed by atoms with Gasteiger partial charge in [0.05, 0.1) is 11.4 Å². The minimum absolute atomic E-state index is 0.122. The number of hydrogen-bond donors (Lipinski definition) is 1. The summed E-state index contributed by atoms with van der Waals surface area (Å²) in [6.45, 7) is 8.53. The summed E-state index contributed by atoms with van der Waals surface area (Å²) in [4.78, 5) is 17.4. The van der Waals surface area contributed by atoms with Crippen LogP contribution in [-0.4, -0.2) is 75.2 Å². The average Bonchev–Trinajstić information content (AvgIpc) is 3.19. The first kappa shape index (κ1) is 22.9. The van der Waals surface area contributed by atoms with Gasteiger partial charge in [0.25, 0.3) is 0 Å². The van der Waals surface area contributed by atoms with E-state index in [2.05, 4.69) is 31.9 Å². The van der Waals surface area contributed by atoms with E-state index in [0.29, 0.717) is 12.2 Å². The molecule has 7 nitrogen and oxygen atoms in total. The second-order valence-corrected chi connectivity index (χ2v) is 10.9. The maximum Gasteiger partial charge on any atom is 0.242 e. The van der Waals surface area contributed by atoms with E-state index in [9.17, 15) is 13.2 Å². The molecule has 164 valence electrons. The average molecular weight is 451 g/mol. The molecular formula is C21H30N4O3S2. The van der Waals surface area contributed by atoms with Crippen molar-refractivity contribution in [1.82, 2.24) is 14.1 Å². The summed E-state index contributed by atoms with van der Waals surface area (Å²) in [5.74, 6) is -0.122. The summed E-state index contributed by atoms with van der Waals surface area (Å²) < 4.78 is 26.2. The summed E-state index contributed by atoms with van der Waals surface area (Å²) in [6, 6.07) is 5.35. The number of amides is 1. The third-order valence-electron chi connectivity index (χ3n) is 5.51. The summed E-state index contributed by atoms with van der Waals surface area (Å²) in [6.07, 6.45) is 0. The Morgan fingerprint density at radius 3 is 2.40 bits per heavy atom. The monoisotopic (exact) mass is 450 g/mol. The molecule has 0 saturated carbocycles. The Balaban J connectivity index is 1.59. The number of aryl methyl sites for hydroxylation is 1. The van der Waals surface area contributed by atoms with Crippen molar-refractivity contribution >= 4 is 33.0 Å². The molecule has 9 heteroatoms. The molecule has 30 heavy (non-hydrogen) atoms. The van der Waals surface area contributed by atoms with Crippen molar-refractivity contribution in [3.8, 4) is 0 Å². The number of nitrogens with zero attached hydrogens (tertiary/aromatic N) is 3. The van der Waals surface area contributed by atoms with Crippen molar-refractivity contribution in [1.29, 1.82) is 0 Å². The van der Waals surface area contributed by atoms with Gasteiger partial charge < -0.3 is 5.32 Å². The molecule has 1 aliphatic heterocycles. The number of nitrogens with one attached hydrogen (secondary N) is 1. The van der Waals surface area contributed by atoms with E-state index in [1.54, 1.807) is 23.5 Å². The van der Waals surface area contributed by atoms with Gasteiger partial charge in [-0.2, -0.15) is 11.3 Å². The number of sulfonamides is 1. The lowest BCUT2D eigenvalue weighted by molar-refractivity contribution is -0.117. The summed E-state index contributed by atoms with van der Waals surface area (Å²) in [7, 11) is -0.561. The van der Waals surface area contributed by atoms with Crippen molar-refractivity contribution in [2.75, 3.05) is 52.1 Å². The minimum atomic E-state index is -3.56. The molecule has 0 atom stereocenters. The molecule has 1 aromatic carbocycles. The van der Waals surface area contributed by atoms with Crippen molar-refractivity contribution in [2.45, 2.75) is 25.3 Å². The van der Waals surface area contributed by atoms with E-state index in [4.69, 9.17) is 0 Å². The molecule has 0 unspecified atom stereocenters. The zero-order valence-corrected chi connectivity index (χ0v) is 19.6. The molecule has 1 saturated heterocycles. The Kier molecular flexibility index (Phi) is 7.30. The predicted molar refractivity (Wildman–Crippen MR) is 121 cm³/mol. The van der Waals surface area contributed by atoms with Gasteiger partial charge >= 0.3 is 0 Å². The lowest BCUT2D eigenvalue weighted by atomic mass is 10.1. The summed E-state index contributed by atoms with van der Waals surface area (Å²) in [5, 5.41) is 7.19. The van der Waals surface area contributed by atoms with Crippen molar-refractivity contribution in [2.24, 2.45) is 0 Å². The smallest absolute Gasteiger partial charge is 0.242 e. The first-order chi connectivity index (χ1) is 14.2. The Bertz CT molecular complexity index is 980. The van der Waals surface area contributed by atoms with E-state index in [0.717, 1.165) is 43.9 Å². The lowest BCUT2D eigenvalue weighted by Gasteiger charge is -2.34. The van der Waals surface area contributed by atoms with Crippen LogP contribution in [0.1, 0.15) is 16.7 Å². The molecule has 0 spiro atoms. The van der Waals surface area contributed by atoms with Crippen LogP contribution in [0.2, 0.25) is 0 Å². The number of piperazine rings is 1. The van der Waals surface area contributed by atoms with Gasteiger partial charge in [0.15, 0.2) is 0 Å². The van der Waals surface area contributed by atoms with Crippen molar-refractivity contribution < 1.29 is 13.2 Å². The van der Waals surface area contributed by atoms with Crippen LogP contribution in [0.5, 0.6) is 0 Å². The number of thiophene rings is 1. The van der Waals surface area contributed by atoms with Crippen LogP contribution in [0.15, 0.2) is 33.9 Å². The van der Waals surface area contributed by atoms with Crippen LogP contribution in [0.4, 0.5) is 5.69 Å². The fourth-order valence-electron chi connectivity index (χ4n) is 3.45. The van der Waals surface area contributed by atoms with Gasteiger partial charge in [-0.3, -0.25) is 14.6 Å². The van der Waals surface area contributed by atoms with E-state index in [-0.39, 0.29) is 10.8 Å². The number of benzene rings is 1. The van der Waals surface area contributed by atoms with Gasteiger partial charge in [0, 0.05) is 52.5 Å². The maximum atomic E-state index is 12.7. The van der Waals surface area contributed by atoms with Gasteiger partial charge in [-0.15, -0.1) is 0 Å². The molecule has 1 amide bonds. The molecular weight excluding hydrogens is 420 g/mol. The largest absolute Gasteiger partial charge is 0.325 e. The van der Waals surface area contributed by atoms with Gasteiger partial charge in [-0.25, -0.2) is 12.7 Å². The first-order valence-corrected chi connectivity index (χ1v) is 12.3. The Labute approximate surface area is 183 Å². The topological polar surface area (TPSA) is 73.0 Å². The van der Waals surface area contributed by atoms with E-state index < -0.39 is 10.0 Å². The highest BCUT2D eigenvalue weighted by Crippen LogP contribution is 2.25. The Hall–Kier alpha value is -1.78. The molecule has 0 radical (unpaired) electrons. The quantitative estimate of drug-likeness (QED) is 0.701. The van der Waals surface area contributed by atoms with Crippen molar-refractivity contribution in [3.05, 3.63) is 45.6 Å².